The predicted octanol–water partition coefficient (Wildman–Crippen LogP) is 2.70. The van der Waals surface area contributed by atoms with E-state index in [9.17, 15) is 4.79 Å². The number of benzene rings is 1. The number of nitrogens with two attached hydrogens (primary N) is 1. The van der Waals surface area contributed by atoms with Crippen LogP contribution in [0.4, 0.5) is 11.4 Å². The van der Waals surface area contributed by atoms with E-state index in [0.29, 0.717) is 17.8 Å². The number of furan rings is 1. The average Bonchev–Trinajstić information content (AvgIpc) is 2.81. The number of hydrogen-bond donors (Lipinski definition) is 1. The molecule has 1 aromatic heterocycles. The largest absolute Gasteiger partial charge is 0.467 e. The van der Waals surface area contributed by atoms with E-state index in [4.69, 9.17) is 10.2 Å². The van der Waals surface area contributed by atoms with Gasteiger partial charge in [-0.25, -0.2) is 0 Å². The number of anilines is 2. The molecule has 18 heavy (non-hydrogen) atoms. The number of hydrogen-bond acceptors (Lipinski definition) is 4. The molecule has 4 heteroatoms. The van der Waals surface area contributed by atoms with Crippen molar-refractivity contribution in [3.05, 3.63) is 47.9 Å². The molecule has 0 bridgehead atoms. The van der Waals surface area contributed by atoms with Crippen molar-refractivity contribution in [3.8, 4) is 0 Å². The van der Waals surface area contributed by atoms with E-state index < -0.39 is 0 Å². The first kappa shape index (κ1) is 12.2. The van der Waals surface area contributed by atoms with E-state index in [2.05, 4.69) is 0 Å². The van der Waals surface area contributed by atoms with Gasteiger partial charge in [-0.3, -0.25) is 4.79 Å². The minimum atomic E-state index is -0.0206. The number of nitrogen functional groups attached to an aromatic ring is 1. The SMILES string of the molecule is CC(=O)c1ccc(N(C)Cc2ccco2)cc1N. The molecule has 94 valence electrons. The van der Waals surface area contributed by atoms with Gasteiger partial charge in [0, 0.05) is 24.0 Å². The van der Waals surface area contributed by atoms with Crippen molar-refractivity contribution in [2.45, 2.75) is 13.5 Å². The highest BCUT2D eigenvalue weighted by molar-refractivity contribution is 5.99. The third-order valence-corrected chi connectivity index (χ3v) is 2.83. The Kier molecular flexibility index (Phi) is 3.37. The molecule has 0 atom stereocenters. The zero-order valence-electron chi connectivity index (χ0n) is 10.5. The van der Waals surface area contributed by atoms with Crippen LogP contribution in [0.5, 0.6) is 0 Å². The highest BCUT2D eigenvalue weighted by Crippen LogP contribution is 2.22. The van der Waals surface area contributed by atoms with Crippen LogP contribution in [0.15, 0.2) is 41.0 Å². The van der Waals surface area contributed by atoms with Gasteiger partial charge in [0.05, 0.1) is 12.8 Å². The van der Waals surface area contributed by atoms with Gasteiger partial charge in [-0.1, -0.05) is 0 Å². The summed E-state index contributed by atoms with van der Waals surface area (Å²) in [5.74, 6) is 0.861. The highest BCUT2D eigenvalue weighted by atomic mass is 16.3. The van der Waals surface area contributed by atoms with Gasteiger partial charge in [-0.15, -0.1) is 0 Å². The molecule has 0 aliphatic carbocycles. The minimum Gasteiger partial charge on any atom is -0.467 e. The molecule has 0 fully saturated rings. The van der Waals surface area contributed by atoms with Gasteiger partial charge in [0.1, 0.15) is 5.76 Å². The van der Waals surface area contributed by atoms with E-state index in [0.717, 1.165) is 11.4 Å². The Labute approximate surface area is 106 Å². The Morgan fingerprint density at radius 2 is 2.17 bits per heavy atom. The maximum atomic E-state index is 11.3. The van der Waals surface area contributed by atoms with Crippen molar-refractivity contribution in [3.63, 3.8) is 0 Å². The van der Waals surface area contributed by atoms with Crippen molar-refractivity contribution in [1.82, 2.24) is 0 Å². The molecule has 0 amide bonds. The van der Waals surface area contributed by atoms with E-state index >= 15 is 0 Å². The van der Waals surface area contributed by atoms with Gasteiger partial charge in [0.25, 0.3) is 0 Å². The number of Topliss-reactive ketones (excluding diaryl/α,β-unsaturated/α-hetero) is 1. The van der Waals surface area contributed by atoms with Crippen LogP contribution in [0, 0.1) is 0 Å². The fourth-order valence-corrected chi connectivity index (χ4v) is 1.84. The van der Waals surface area contributed by atoms with Crippen molar-refractivity contribution < 1.29 is 9.21 Å². The summed E-state index contributed by atoms with van der Waals surface area (Å²) in [4.78, 5) is 13.3. The van der Waals surface area contributed by atoms with E-state index in [1.54, 1.807) is 18.4 Å². The Hall–Kier alpha value is -2.23. The Bertz CT molecular complexity index is 547. The highest BCUT2D eigenvalue weighted by Gasteiger charge is 2.09. The molecule has 0 aliphatic heterocycles. The van der Waals surface area contributed by atoms with Gasteiger partial charge in [0.2, 0.25) is 0 Å². The lowest BCUT2D eigenvalue weighted by Gasteiger charge is -2.19. The number of nitrogens with zero attached hydrogens (tertiary/aromatic N) is 1. The van der Waals surface area contributed by atoms with Crippen LogP contribution >= 0.6 is 0 Å². The summed E-state index contributed by atoms with van der Waals surface area (Å²) in [5, 5.41) is 0. The van der Waals surface area contributed by atoms with Crippen LogP contribution in [0.2, 0.25) is 0 Å². The molecule has 1 heterocycles. The number of ketones is 1. The molecule has 0 aliphatic rings. The molecule has 0 saturated heterocycles. The lowest BCUT2D eigenvalue weighted by Crippen LogP contribution is -2.16. The van der Waals surface area contributed by atoms with Gasteiger partial charge in [-0.2, -0.15) is 0 Å². The molecular formula is C14H16N2O2. The Morgan fingerprint density at radius 1 is 1.39 bits per heavy atom. The van der Waals surface area contributed by atoms with Crippen LogP contribution in [0.3, 0.4) is 0 Å². The topological polar surface area (TPSA) is 59.5 Å². The first-order valence-electron chi connectivity index (χ1n) is 5.72. The van der Waals surface area contributed by atoms with Crippen LogP contribution in [0.25, 0.3) is 0 Å². The van der Waals surface area contributed by atoms with Crippen molar-refractivity contribution in [2.24, 2.45) is 0 Å². The van der Waals surface area contributed by atoms with Crippen molar-refractivity contribution >= 4 is 17.2 Å². The first-order chi connectivity index (χ1) is 8.58. The second-order valence-corrected chi connectivity index (χ2v) is 4.26. The average molecular weight is 244 g/mol. The van der Waals surface area contributed by atoms with Crippen LogP contribution in [-0.2, 0) is 6.54 Å². The quantitative estimate of drug-likeness (QED) is 0.663. The summed E-state index contributed by atoms with van der Waals surface area (Å²) >= 11 is 0. The monoisotopic (exact) mass is 244 g/mol. The molecule has 0 saturated carbocycles. The normalized spacial score (nSPS) is 10.3. The standard InChI is InChI=1S/C14H16N2O2/c1-10(17)13-6-5-11(8-14(13)15)16(2)9-12-4-3-7-18-12/h3-8H,9,15H2,1-2H3. The fraction of sp³-hybridized carbons (Fsp3) is 0.214. The zero-order valence-corrected chi connectivity index (χ0v) is 10.5. The summed E-state index contributed by atoms with van der Waals surface area (Å²) < 4.78 is 5.29. The maximum absolute atomic E-state index is 11.3. The summed E-state index contributed by atoms with van der Waals surface area (Å²) in [6.45, 7) is 2.17. The van der Waals surface area contributed by atoms with Crippen LogP contribution in [0.1, 0.15) is 23.0 Å². The molecule has 2 rings (SSSR count). The Morgan fingerprint density at radius 3 is 2.72 bits per heavy atom. The fourth-order valence-electron chi connectivity index (χ4n) is 1.84. The van der Waals surface area contributed by atoms with Crippen molar-refractivity contribution in [1.29, 1.82) is 0 Å². The summed E-state index contributed by atoms with van der Waals surface area (Å²) in [6, 6.07) is 9.22. The molecule has 2 N–H and O–H groups in total. The minimum absolute atomic E-state index is 0.0206. The second-order valence-electron chi connectivity index (χ2n) is 4.26. The maximum Gasteiger partial charge on any atom is 0.161 e. The lowest BCUT2D eigenvalue weighted by atomic mass is 10.1. The van der Waals surface area contributed by atoms with Crippen LogP contribution < -0.4 is 10.6 Å². The molecule has 0 radical (unpaired) electrons. The van der Waals surface area contributed by atoms with Crippen molar-refractivity contribution in [2.75, 3.05) is 17.7 Å². The predicted molar refractivity (Wildman–Crippen MR) is 71.7 cm³/mol. The second kappa shape index (κ2) is 4.96. The smallest absolute Gasteiger partial charge is 0.161 e. The van der Waals surface area contributed by atoms with Gasteiger partial charge in [-0.05, 0) is 37.3 Å². The number of carbonyl (C=O) groups is 1. The summed E-state index contributed by atoms with van der Waals surface area (Å²) in [5.41, 5.74) is 7.88. The molecule has 4 nitrogen and oxygen atoms in total. The lowest BCUT2D eigenvalue weighted by molar-refractivity contribution is 0.101. The van der Waals surface area contributed by atoms with Gasteiger partial charge >= 0.3 is 0 Å². The van der Waals surface area contributed by atoms with E-state index in [-0.39, 0.29) is 5.78 Å². The first-order valence-corrected chi connectivity index (χ1v) is 5.72. The Balaban J connectivity index is 2.18. The molecule has 2 aromatic rings. The van der Waals surface area contributed by atoms with E-state index in [1.807, 2.05) is 30.1 Å². The number of carbonyl (C=O) groups excluding carboxylic acids is 1. The third-order valence-electron chi connectivity index (χ3n) is 2.83. The molecular weight excluding hydrogens is 228 g/mol. The van der Waals surface area contributed by atoms with Crippen LogP contribution in [-0.4, -0.2) is 12.8 Å². The summed E-state index contributed by atoms with van der Waals surface area (Å²) in [6.07, 6.45) is 1.65. The number of rotatable bonds is 4. The molecule has 0 unspecified atom stereocenters. The zero-order chi connectivity index (χ0) is 13.1. The van der Waals surface area contributed by atoms with Gasteiger partial charge in [0.15, 0.2) is 5.78 Å². The molecule has 0 spiro atoms. The third kappa shape index (κ3) is 2.53. The van der Waals surface area contributed by atoms with Gasteiger partial charge < -0.3 is 15.1 Å². The van der Waals surface area contributed by atoms with E-state index in [1.165, 1.54) is 6.92 Å². The molecule has 1 aromatic carbocycles. The summed E-state index contributed by atoms with van der Waals surface area (Å²) in [7, 11) is 1.95.